The molecule has 1 aliphatic heterocycles. The van der Waals surface area contributed by atoms with Gasteiger partial charge in [0.2, 0.25) is 0 Å². The summed E-state index contributed by atoms with van der Waals surface area (Å²) in [5.41, 5.74) is 12.7. The van der Waals surface area contributed by atoms with Crippen LogP contribution in [0.5, 0.6) is 11.5 Å². The average Bonchev–Trinajstić information content (AvgIpc) is 3.22. The van der Waals surface area contributed by atoms with E-state index in [-0.39, 0.29) is 18.5 Å². The lowest BCUT2D eigenvalue weighted by Crippen LogP contribution is -2.26. The highest BCUT2D eigenvalue weighted by molar-refractivity contribution is 6.01. The van der Waals surface area contributed by atoms with Gasteiger partial charge < -0.3 is 15.6 Å². The van der Waals surface area contributed by atoms with Crippen molar-refractivity contribution in [3.05, 3.63) is 88.7 Å². The second-order valence-electron chi connectivity index (χ2n) is 9.68. The minimum absolute atomic E-state index is 0.0557. The maximum Gasteiger partial charge on any atom is 0.126 e. The van der Waals surface area contributed by atoms with Crippen molar-refractivity contribution in [1.29, 1.82) is 0 Å². The fraction of sp³-hybridized carbons (Fsp3) is 0.333. The number of allylic oxidation sites excluding steroid dienone is 1. The molecule has 5 rings (SSSR count). The molecule has 0 aromatic heterocycles. The number of hydrogen-bond donors (Lipinski definition) is 2. The third-order valence-electron chi connectivity index (χ3n) is 7.14. The Bertz CT molecular complexity index is 1260. The third kappa shape index (κ3) is 5.24. The van der Waals surface area contributed by atoms with E-state index < -0.39 is 5.82 Å². The molecule has 2 aliphatic rings. The maximum atomic E-state index is 13.8. The lowest BCUT2D eigenvalue weighted by molar-refractivity contribution is 0.198. The van der Waals surface area contributed by atoms with Crippen LogP contribution in [0.1, 0.15) is 47.9 Å². The van der Waals surface area contributed by atoms with Gasteiger partial charge in [-0.2, -0.15) is 0 Å². The molecule has 0 bridgehead atoms. The molecule has 4 nitrogen and oxygen atoms in total. The molecule has 3 N–H and O–H groups in total. The molecule has 1 heterocycles. The van der Waals surface area contributed by atoms with E-state index in [0.29, 0.717) is 12.0 Å². The second-order valence-corrected chi connectivity index (χ2v) is 9.68. The summed E-state index contributed by atoms with van der Waals surface area (Å²) < 4.78 is 32.5. The Morgan fingerprint density at radius 3 is 2.58 bits per heavy atom. The van der Waals surface area contributed by atoms with Crippen LogP contribution < -0.4 is 10.5 Å². The molecule has 0 saturated carbocycles. The van der Waals surface area contributed by atoms with Gasteiger partial charge in [-0.15, -0.1) is 0 Å². The van der Waals surface area contributed by atoms with E-state index >= 15 is 0 Å². The number of rotatable bonds is 7. The minimum atomic E-state index is -0.461. The zero-order valence-corrected chi connectivity index (χ0v) is 20.4. The number of ether oxygens (including phenoxy) is 1. The van der Waals surface area contributed by atoms with E-state index in [0.717, 1.165) is 79.0 Å². The SMILES string of the molecule is Nc1ccc2c(c1)CCCC(c1ccc(F)cc1O)=C2c1ccc(OC2CCN(CCCF)C2)cc1. The van der Waals surface area contributed by atoms with Gasteiger partial charge in [0.1, 0.15) is 23.4 Å². The highest BCUT2D eigenvalue weighted by Crippen LogP contribution is 2.43. The molecule has 1 unspecified atom stereocenters. The number of anilines is 1. The van der Waals surface area contributed by atoms with Gasteiger partial charge in [-0.25, -0.2) is 4.39 Å². The van der Waals surface area contributed by atoms with Crippen LogP contribution in [0.25, 0.3) is 11.1 Å². The summed E-state index contributed by atoms with van der Waals surface area (Å²) in [6, 6.07) is 18.3. The number of nitrogen functional groups attached to an aromatic ring is 1. The van der Waals surface area contributed by atoms with Gasteiger partial charge >= 0.3 is 0 Å². The van der Waals surface area contributed by atoms with Crippen molar-refractivity contribution in [3.8, 4) is 11.5 Å². The summed E-state index contributed by atoms with van der Waals surface area (Å²) in [7, 11) is 0. The summed E-state index contributed by atoms with van der Waals surface area (Å²) >= 11 is 0. The number of phenolic OH excluding ortho intramolecular Hbond substituents is 1. The van der Waals surface area contributed by atoms with Gasteiger partial charge in [0.25, 0.3) is 0 Å². The molecule has 0 spiro atoms. The molecular formula is C30H32F2N2O2. The largest absolute Gasteiger partial charge is 0.507 e. The van der Waals surface area contributed by atoms with Gasteiger partial charge in [0.05, 0.1) is 6.67 Å². The van der Waals surface area contributed by atoms with Crippen molar-refractivity contribution < 1.29 is 18.6 Å². The summed E-state index contributed by atoms with van der Waals surface area (Å²) in [5.74, 6) is 0.283. The molecule has 1 fully saturated rings. The number of phenols is 1. The zero-order valence-electron chi connectivity index (χ0n) is 20.4. The van der Waals surface area contributed by atoms with Crippen LogP contribution in [0, 0.1) is 5.82 Å². The van der Waals surface area contributed by atoms with Crippen LogP contribution in [-0.2, 0) is 6.42 Å². The number of nitrogens with zero attached hydrogens (tertiary/aromatic N) is 1. The standard InChI is InChI=1S/C30H32F2N2O2/c31-14-2-15-34-16-13-25(19-34)36-24-9-5-20(6-10-24)30-26-12-8-23(33)17-21(26)3-1-4-28(30)27-11-7-22(32)18-29(27)35/h5-12,17-18,25,35H,1-4,13-16,19,33H2. The highest BCUT2D eigenvalue weighted by Gasteiger charge is 2.25. The van der Waals surface area contributed by atoms with Gasteiger partial charge in [-0.3, -0.25) is 9.29 Å². The Kier molecular flexibility index (Phi) is 7.23. The molecule has 36 heavy (non-hydrogen) atoms. The number of nitrogens with two attached hydrogens (primary N) is 1. The molecular weight excluding hydrogens is 458 g/mol. The average molecular weight is 491 g/mol. The Hall–Kier alpha value is -3.38. The Labute approximate surface area is 211 Å². The topological polar surface area (TPSA) is 58.7 Å². The molecule has 1 aliphatic carbocycles. The quantitative estimate of drug-likeness (QED) is 0.386. The van der Waals surface area contributed by atoms with E-state index in [2.05, 4.69) is 4.90 Å². The van der Waals surface area contributed by atoms with E-state index in [4.69, 9.17) is 10.5 Å². The normalized spacial score (nSPS) is 18.2. The van der Waals surface area contributed by atoms with Crippen molar-refractivity contribution >= 4 is 16.8 Å². The van der Waals surface area contributed by atoms with Crippen LogP contribution in [-0.4, -0.2) is 42.4 Å². The van der Waals surface area contributed by atoms with Gasteiger partial charge in [0.15, 0.2) is 0 Å². The van der Waals surface area contributed by atoms with Crippen molar-refractivity contribution in [3.63, 3.8) is 0 Å². The molecule has 1 atom stereocenters. The predicted octanol–water partition coefficient (Wildman–Crippen LogP) is 6.22. The number of hydrogen-bond acceptors (Lipinski definition) is 4. The monoisotopic (exact) mass is 490 g/mol. The first-order valence-electron chi connectivity index (χ1n) is 12.7. The summed E-state index contributed by atoms with van der Waals surface area (Å²) in [6.45, 7) is 2.23. The predicted molar refractivity (Wildman–Crippen MR) is 140 cm³/mol. The van der Waals surface area contributed by atoms with Crippen LogP contribution in [0.2, 0.25) is 0 Å². The van der Waals surface area contributed by atoms with Gasteiger partial charge in [0, 0.05) is 37.0 Å². The Balaban J connectivity index is 1.49. The number of alkyl halides is 1. The lowest BCUT2D eigenvalue weighted by Gasteiger charge is -2.19. The number of likely N-dealkylation sites (tertiary alicyclic amines) is 1. The minimum Gasteiger partial charge on any atom is -0.507 e. The summed E-state index contributed by atoms with van der Waals surface area (Å²) in [5, 5.41) is 10.6. The number of benzene rings is 3. The van der Waals surface area contributed by atoms with Gasteiger partial charge in [-0.1, -0.05) is 18.2 Å². The molecule has 3 aromatic carbocycles. The third-order valence-corrected chi connectivity index (χ3v) is 7.14. The van der Waals surface area contributed by atoms with Gasteiger partial charge in [-0.05, 0) is 96.3 Å². The molecule has 6 heteroatoms. The smallest absolute Gasteiger partial charge is 0.126 e. The fourth-order valence-corrected chi connectivity index (χ4v) is 5.44. The Morgan fingerprint density at radius 2 is 1.81 bits per heavy atom. The molecule has 1 saturated heterocycles. The zero-order chi connectivity index (χ0) is 25.1. The molecule has 0 amide bonds. The van der Waals surface area contributed by atoms with Crippen LogP contribution >= 0.6 is 0 Å². The van der Waals surface area contributed by atoms with Crippen LogP contribution in [0.4, 0.5) is 14.5 Å². The second kappa shape index (κ2) is 10.7. The van der Waals surface area contributed by atoms with Crippen molar-refractivity contribution in [2.45, 2.75) is 38.2 Å². The number of aromatic hydroxyl groups is 1. The number of fused-ring (bicyclic) bond motifs is 1. The number of halogens is 2. The van der Waals surface area contributed by atoms with Crippen LogP contribution in [0.15, 0.2) is 60.7 Å². The van der Waals surface area contributed by atoms with Crippen molar-refractivity contribution in [2.24, 2.45) is 0 Å². The first-order valence-corrected chi connectivity index (χ1v) is 12.7. The molecule has 188 valence electrons. The number of aryl methyl sites for hydroxylation is 1. The lowest BCUT2D eigenvalue weighted by atomic mass is 9.87. The fourth-order valence-electron chi connectivity index (χ4n) is 5.44. The van der Waals surface area contributed by atoms with Crippen LogP contribution in [0.3, 0.4) is 0 Å². The summed E-state index contributed by atoms with van der Waals surface area (Å²) in [4.78, 5) is 2.25. The summed E-state index contributed by atoms with van der Waals surface area (Å²) in [6.07, 6.45) is 4.11. The maximum absolute atomic E-state index is 13.8. The highest BCUT2D eigenvalue weighted by atomic mass is 19.1. The van der Waals surface area contributed by atoms with E-state index in [9.17, 15) is 13.9 Å². The Morgan fingerprint density at radius 1 is 1.00 bits per heavy atom. The first-order chi connectivity index (χ1) is 17.5. The van der Waals surface area contributed by atoms with Crippen molar-refractivity contribution in [2.75, 3.05) is 32.0 Å². The van der Waals surface area contributed by atoms with E-state index in [1.807, 2.05) is 42.5 Å². The van der Waals surface area contributed by atoms with Crippen molar-refractivity contribution in [1.82, 2.24) is 4.90 Å². The molecule has 0 radical (unpaired) electrons. The van der Waals surface area contributed by atoms with E-state index in [1.165, 1.54) is 17.7 Å². The van der Waals surface area contributed by atoms with E-state index in [1.54, 1.807) is 6.07 Å². The molecule has 3 aromatic rings. The first kappa shape index (κ1) is 24.3.